The molecular weight excluding hydrogens is 352 g/mol. The maximum atomic E-state index is 5.53. The van der Waals surface area contributed by atoms with Crippen molar-refractivity contribution in [3.63, 3.8) is 0 Å². The average molecular weight is 385 g/mol. The van der Waals surface area contributed by atoms with Crippen LogP contribution in [-0.2, 0) is 5.41 Å². The van der Waals surface area contributed by atoms with Gasteiger partial charge in [-0.3, -0.25) is 0 Å². The summed E-state index contributed by atoms with van der Waals surface area (Å²) in [5, 5.41) is 0. The van der Waals surface area contributed by atoms with Gasteiger partial charge in [0.2, 0.25) is 0 Å². The number of aryl methyl sites for hydroxylation is 2. The lowest BCUT2D eigenvalue weighted by Crippen LogP contribution is -2.25. The van der Waals surface area contributed by atoms with Crippen molar-refractivity contribution in [2.24, 2.45) is 0 Å². The van der Waals surface area contributed by atoms with Gasteiger partial charge in [-0.25, -0.2) is 0 Å². The first-order chi connectivity index (χ1) is 14.1. The number of methoxy groups -OCH3 is 1. The third-order valence-corrected chi connectivity index (χ3v) is 6.67. The molecule has 0 fully saturated rings. The smallest absolute Gasteiger partial charge is 0.122 e. The van der Waals surface area contributed by atoms with Gasteiger partial charge in [-0.2, -0.15) is 0 Å². The molecule has 0 N–H and O–H groups in total. The number of benzene rings is 3. The molecule has 0 amide bonds. The van der Waals surface area contributed by atoms with Gasteiger partial charge >= 0.3 is 0 Å². The highest BCUT2D eigenvalue weighted by atomic mass is 16.5. The molecule has 0 unspecified atom stereocenters. The quantitative estimate of drug-likeness (QED) is 0.420. The van der Waals surface area contributed by atoms with Gasteiger partial charge in [0, 0.05) is 5.41 Å². The third kappa shape index (κ3) is 3.08. The molecule has 0 bridgehead atoms. The Labute approximate surface area is 175 Å². The van der Waals surface area contributed by atoms with Crippen LogP contribution < -0.4 is 4.74 Å². The van der Waals surface area contributed by atoms with E-state index in [1.807, 2.05) is 0 Å². The Morgan fingerprint density at radius 1 is 0.724 bits per heavy atom. The first-order valence-corrected chi connectivity index (χ1v) is 11.0. The zero-order chi connectivity index (χ0) is 20.6. The van der Waals surface area contributed by atoms with Crippen molar-refractivity contribution in [1.82, 2.24) is 0 Å². The van der Waals surface area contributed by atoms with E-state index in [0.29, 0.717) is 0 Å². The summed E-state index contributed by atoms with van der Waals surface area (Å²) in [6.45, 7) is 8.95. The van der Waals surface area contributed by atoms with Crippen LogP contribution >= 0.6 is 0 Å². The van der Waals surface area contributed by atoms with E-state index < -0.39 is 0 Å². The van der Waals surface area contributed by atoms with Gasteiger partial charge in [-0.1, -0.05) is 63.1 Å². The second kappa shape index (κ2) is 7.71. The molecule has 0 atom stereocenters. The number of fused-ring (bicyclic) bond motifs is 3. The van der Waals surface area contributed by atoms with E-state index in [4.69, 9.17) is 4.74 Å². The van der Waals surface area contributed by atoms with Crippen molar-refractivity contribution in [2.75, 3.05) is 7.11 Å². The molecule has 150 valence electrons. The Hall–Kier alpha value is -2.54. The Bertz CT molecular complexity index is 1040. The van der Waals surface area contributed by atoms with Gasteiger partial charge < -0.3 is 4.74 Å². The zero-order valence-electron chi connectivity index (χ0n) is 18.4. The first-order valence-electron chi connectivity index (χ1n) is 11.0. The fourth-order valence-electron chi connectivity index (χ4n) is 5.46. The summed E-state index contributed by atoms with van der Waals surface area (Å²) in [5.41, 5.74) is 11.1. The minimum absolute atomic E-state index is 0.140. The Balaban J connectivity index is 1.93. The molecule has 0 heterocycles. The SMILES string of the molecule is CCCC1(CCC)c2ccccc2-c2ccc(-c3cc(C)c(OC)cc3C)cc21. The fourth-order valence-corrected chi connectivity index (χ4v) is 5.46. The van der Waals surface area contributed by atoms with Crippen LogP contribution in [0.3, 0.4) is 0 Å². The summed E-state index contributed by atoms with van der Waals surface area (Å²) in [5.74, 6) is 0.964. The van der Waals surface area contributed by atoms with Crippen LogP contribution in [0.2, 0.25) is 0 Å². The first kappa shape index (κ1) is 19.8. The number of ether oxygens (including phenoxy) is 1. The zero-order valence-corrected chi connectivity index (χ0v) is 18.4. The van der Waals surface area contributed by atoms with Crippen LogP contribution in [0.25, 0.3) is 22.3 Å². The predicted octanol–water partition coefficient (Wildman–Crippen LogP) is 7.85. The summed E-state index contributed by atoms with van der Waals surface area (Å²) >= 11 is 0. The minimum atomic E-state index is 0.140. The molecule has 0 aliphatic heterocycles. The summed E-state index contributed by atoms with van der Waals surface area (Å²) in [6.07, 6.45) is 4.79. The number of rotatable bonds is 6. The number of hydrogen-bond acceptors (Lipinski definition) is 1. The van der Waals surface area contributed by atoms with Crippen LogP contribution in [0.5, 0.6) is 5.75 Å². The molecule has 0 saturated carbocycles. The molecule has 0 aromatic heterocycles. The molecule has 4 rings (SSSR count). The average Bonchev–Trinajstić information content (AvgIpc) is 3.00. The van der Waals surface area contributed by atoms with E-state index in [9.17, 15) is 0 Å². The Morgan fingerprint density at radius 2 is 1.41 bits per heavy atom. The molecule has 3 aromatic rings. The highest BCUT2D eigenvalue weighted by Gasteiger charge is 2.41. The lowest BCUT2D eigenvalue weighted by Gasteiger charge is -2.32. The Kier molecular flexibility index (Phi) is 5.25. The minimum Gasteiger partial charge on any atom is -0.496 e. The molecule has 1 heteroatoms. The fraction of sp³-hybridized carbons (Fsp3) is 0.357. The molecule has 29 heavy (non-hydrogen) atoms. The second-order valence-electron chi connectivity index (χ2n) is 8.52. The Morgan fingerprint density at radius 3 is 2.10 bits per heavy atom. The monoisotopic (exact) mass is 384 g/mol. The normalized spacial score (nSPS) is 13.8. The van der Waals surface area contributed by atoms with Crippen molar-refractivity contribution >= 4 is 0 Å². The maximum Gasteiger partial charge on any atom is 0.122 e. The standard InChI is InChI=1S/C28H32O/c1-6-14-28(15-7-2)25-11-9-8-10-22(25)23-13-12-21(18-26(23)28)24-16-20(4)27(29-5)17-19(24)3/h8-13,16-18H,6-7,14-15H2,1-5H3. The van der Waals surface area contributed by atoms with Crippen molar-refractivity contribution < 1.29 is 4.74 Å². The van der Waals surface area contributed by atoms with Gasteiger partial charge in [-0.05, 0) is 89.4 Å². The van der Waals surface area contributed by atoms with Gasteiger partial charge in [0.25, 0.3) is 0 Å². The van der Waals surface area contributed by atoms with Crippen LogP contribution in [0.15, 0.2) is 54.6 Å². The topological polar surface area (TPSA) is 9.23 Å². The van der Waals surface area contributed by atoms with Crippen LogP contribution in [-0.4, -0.2) is 7.11 Å². The lowest BCUT2D eigenvalue weighted by molar-refractivity contribution is 0.411. The molecule has 0 saturated heterocycles. The largest absolute Gasteiger partial charge is 0.496 e. The van der Waals surface area contributed by atoms with Crippen LogP contribution in [0, 0.1) is 13.8 Å². The number of hydrogen-bond donors (Lipinski definition) is 0. The molecule has 1 aliphatic rings. The summed E-state index contributed by atoms with van der Waals surface area (Å²) in [4.78, 5) is 0. The van der Waals surface area contributed by atoms with Crippen LogP contribution in [0.1, 0.15) is 61.8 Å². The van der Waals surface area contributed by atoms with E-state index in [2.05, 4.69) is 82.3 Å². The molecule has 0 spiro atoms. The highest BCUT2D eigenvalue weighted by molar-refractivity contribution is 5.84. The van der Waals surface area contributed by atoms with Crippen molar-refractivity contribution in [2.45, 2.75) is 58.8 Å². The van der Waals surface area contributed by atoms with Crippen molar-refractivity contribution in [3.8, 4) is 28.0 Å². The molecule has 0 radical (unpaired) electrons. The van der Waals surface area contributed by atoms with Crippen molar-refractivity contribution in [1.29, 1.82) is 0 Å². The van der Waals surface area contributed by atoms with E-state index >= 15 is 0 Å². The lowest BCUT2D eigenvalue weighted by atomic mass is 9.71. The highest BCUT2D eigenvalue weighted by Crippen LogP contribution is 2.54. The van der Waals surface area contributed by atoms with Gasteiger partial charge in [0.15, 0.2) is 0 Å². The molecule has 1 nitrogen and oxygen atoms in total. The van der Waals surface area contributed by atoms with Gasteiger partial charge in [0.05, 0.1) is 7.11 Å². The predicted molar refractivity (Wildman–Crippen MR) is 124 cm³/mol. The van der Waals surface area contributed by atoms with Gasteiger partial charge in [-0.15, -0.1) is 0 Å². The summed E-state index contributed by atoms with van der Waals surface area (Å²) in [6, 6.07) is 20.6. The van der Waals surface area contributed by atoms with E-state index in [1.165, 1.54) is 70.2 Å². The van der Waals surface area contributed by atoms with Crippen LogP contribution in [0.4, 0.5) is 0 Å². The third-order valence-electron chi connectivity index (χ3n) is 6.67. The molecule has 1 aliphatic carbocycles. The molecular formula is C28H32O. The summed E-state index contributed by atoms with van der Waals surface area (Å²) in [7, 11) is 1.75. The molecule has 3 aromatic carbocycles. The maximum absolute atomic E-state index is 5.53. The second-order valence-corrected chi connectivity index (χ2v) is 8.52. The van der Waals surface area contributed by atoms with E-state index in [1.54, 1.807) is 7.11 Å². The van der Waals surface area contributed by atoms with E-state index in [0.717, 1.165) is 5.75 Å². The van der Waals surface area contributed by atoms with E-state index in [-0.39, 0.29) is 5.41 Å². The van der Waals surface area contributed by atoms with Gasteiger partial charge in [0.1, 0.15) is 5.75 Å². The van der Waals surface area contributed by atoms with Crippen molar-refractivity contribution in [3.05, 3.63) is 76.9 Å². The summed E-state index contributed by atoms with van der Waals surface area (Å²) < 4.78 is 5.53.